The predicted octanol–water partition coefficient (Wildman–Crippen LogP) is 3.29. The molecule has 2 heterocycles. The quantitative estimate of drug-likeness (QED) is 0.801. The summed E-state index contributed by atoms with van der Waals surface area (Å²) in [6, 6.07) is 8.52. The first kappa shape index (κ1) is 14.5. The summed E-state index contributed by atoms with van der Waals surface area (Å²) in [5.74, 6) is 1.13. The van der Waals surface area contributed by atoms with Gasteiger partial charge in [0.05, 0.1) is 5.39 Å². The van der Waals surface area contributed by atoms with Crippen LogP contribution in [0.2, 0.25) is 0 Å². The summed E-state index contributed by atoms with van der Waals surface area (Å²) in [6.07, 6.45) is 2.57. The standard InChI is InChI=1S/C17H21N5/c1-4-22-17-14(16(18)19-10-20-17)15(21-22)13-7-5-12(6-8-13)9-11(2)3/h5-8,10-11H,4,9H2,1-3H3,(H2,18,19,20). The van der Waals surface area contributed by atoms with Crippen molar-refractivity contribution in [2.24, 2.45) is 5.92 Å². The van der Waals surface area contributed by atoms with Gasteiger partial charge in [0.2, 0.25) is 0 Å². The van der Waals surface area contributed by atoms with Gasteiger partial charge in [0.1, 0.15) is 17.8 Å². The van der Waals surface area contributed by atoms with Crippen molar-refractivity contribution in [3.63, 3.8) is 0 Å². The molecule has 2 N–H and O–H groups in total. The average molecular weight is 295 g/mol. The Hall–Kier alpha value is -2.43. The lowest BCUT2D eigenvalue weighted by atomic mass is 10.0. The number of hydrogen-bond donors (Lipinski definition) is 1. The Morgan fingerprint density at radius 1 is 1.14 bits per heavy atom. The lowest BCUT2D eigenvalue weighted by Crippen LogP contribution is -1.98. The van der Waals surface area contributed by atoms with Crippen LogP contribution in [0.5, 0.6) is 0 Å². The summed E-state index contributed by atoms with van der Waals surface area (Å²) in [4.78, 5) is 8.44. The Morgan fingerprint density at radius 3 is 2.50 bits per heavy atom. The number of hydrogen-bond acceptors (Lipinski definition) is 4. The van der Waals surface area contributed by atoms with Crippen LogP contribution < -0.4 is 5.73 Å². The minimum atomic E-state index is 0.478. The molecule has 5 nitrogen and oxygen atoms in total. The van der Waals surface area contributed by atoms with Crippen LogP contribution >= 0.6 is 0 Å². The topological polar surface area (TPSA) is 69.6 Å². The van der Waals surface area contributed by atoms with E-state index in [1.165, 1.54) is 11.9 Å². The van der Waals surface area contributed by atoms with E-state index in [4.69, 9.17) is 5.73 Å². The summed E-state index contributed by atoms with van der Waals surface area (Å²) in [7, 11) is 0. The van der Waals surface area contributed by atoms with E-state index < -0.39 is 0 Å². The number of aromatic nitrogens is 4. The maximum absolute atomic E-state index is 6.05. The molecule has 0 saturated heterocycles. The second kappa shape index (κ2) is 5.75. The van der Waals surface area contributed by atoms with Crippen molar-refractivity contribution in [1.82, 2.24) is 19.7 Å². The van der Waals surface area contributed by atoms with Gasteiger partial charge < -0.3 is 5.73 Å². The molecule has 0 aliphatic heterocycles. The van der Waals surface area contributed by atoms with Crippen LogP contribution in [0.4, 0.5) is 5.82 Å². The van der Waals surface area contributed by atoms with Gasteiger partial charge in [-0.3, -0.25) is 0 Å². The number of nitrogens with two attached hydrogens (primary N) is 1. The third-order valence-corrected chi connectivity index (χ3v) is 3.73. The fourth-order valence-corrected chi connectivity index (χ4v) is 2.72. The first-order valence-corrected chi connectivity index (χ1v) is 7.66. The van der Waals surface area contributed by atoms with Crippen LogP contribution in [0.1, 0.15) is 26.3 Å². The first-order chi connectivity index (χ1) is 10.6. The number of nitrogens with zero attached hydrogens (tertiary/aromatic N) is 4. The zero-order valence-electron chi connectivity index (χ0n) is 13.2. The minimum absolute atomic E-state index is 0.478. The lowest BCUT2D eigenvalue weighted by Gasteiger charge is -2.06. The maximum atomic E-state index is 6.05. The van der Waals surface area contributed by atoms with Crippen molar-refractivity contribution in [2.75, 3.05) is 5.73 Å². The highest BCUT2D eigenvalue weighted by atomic mass is 15.3. The molecule has 0 spiro atoms. The predicted molar refractivity (Wildman–Crippen MR) is 89.4 cm³/mol. The highest BCUT2D eigenvalue weighted by molar-refractivity contribution is 5.98. The van der Waals surface area contributed by atoms with Gasteiger partial charge in [0.15, 0.2) is 5.65 Å². The van der Waals surface area contributed by atoms with Crippen LogP contribution in [0.15, 0.2) is 30.6 Å². The van der Waals surface area contributed by atoms with E-state index in [2.05, 4.69) is 53.2 Å². The van der Waals surface area contributed by atoms with E-state index in [-0.39, 0.29) is 0 Å². The third-order valence-electron chi connectivity index (χ3n) is 3.73. The van der Waals surface area contributed by atoms with Crippen molar-refractivity contribution in [1.29, 1.82) is 0 Å². The van der Waals surface area contributed by atoms with Gasteiger partial charge in [-0.1, -0.05) is 38.1 Å². The van der Waals surface area contributed by atoms with Crippen LogP contribution in [-0.2, 0) is 13.0 Å². The summed E-state index contributed by atoms with van der Waals surface area (Å²) in [5, 5.41) is 5.50. The lowest BCUT2D eigenvalue weighted by molar-refractivity contribution is 0.647. The van der Waals surface area contributed by atoms with Gasteiger partial charge in [-0.05, 0) is 24.8 Å². The molecule has 0 unspecified atom stereocenters. The van der Waals surface area contributed by atoms with E-state index in [0.717, 1.165) is 35.3 Å². The van der Waals surface area contributed by atoms with Gasteiger partial charge >= 0.3 is 0 Å². The molecule has 0 aliphatic carbocycles. The van der Waals surface area contributed by atoms with Crippen molar-refractivity contribution < 1.29 is 0 Å². The fourth-order valence-electron chi connectivity index (χ4n) is 2.72. The summed E-state index contributed by atoms with van der Waals surface area (Å²) >= 11 is 0. The summed E-state index contributed by atoms with van der Waals surface area (Å²) < 4.78 is 1.87. The smallest absolute Gasteiger partial charge is 0.163 e. The number of nitrogen functional groups attached to an aromatic ring is 1. The molecule has 3 aromatic rings. The van der Waals surface area contributed by atoms with E-state index in [9.17, 15) is 0 Å². The van der Waals surface area contributed by atoms with Crippen molar-refractivity contribution >= 4 is 16.9 Å². The largest absolute Gasteiger partial charge is 0.383 e. The van der Waals surface area contributed by atoms with Gasteiger partial charge in [-0.2, -0.15) is 5.10 Å². The SMILES string of the molecule is CCn1nc(-c2ccc(CC(C)C)cc2)c2c(N)ncnc21. The molecule has 5 heteroatoms. The van der Waals surface area contributed by atoms with E-state index in [1.54, 1.807) is 0 Å². The first-order valence-electron chi connectivity index (χ1n) is 7.66. The molecular weight excluding hydrogens is 274 g/mol. The molecule has 0 saturated carbocycles. The number of anilines is 1. The molecular formula is C17H21N5. The fraction of sp³-hybridized carbons (Fsp3) is 0.353. The third kappa shape index (κ3) is 2.54. The Bertz CT molecular complexity index is 787. The molecule has 3 rings (SSSR count). The van der Waals surface area contributed by atoms with Gasteiger partial charge in [0.25, 0.3) is 0 Å². The van der Waals surface area contributed by atoms with E-state index in [1.807, 2.05) is 11.6 Å². The van der Waals surface area contributed by atoms with Crippen LogP contribution in [0, 0.1) is 5.92 Å². The van der Waals surface area contributed by atoms with E-state index in [0.29, 0.717) is 11.7 Å². The normalized spacial score (nSPS) is 11.5. The molecule has 0 amide bonds. The van der Waals surface area contributed by atoms with Crippen molar-refractivity contribution in [2.45, 2.75) is 33.7 Å². The highest BCUT2D eigenvalue weighted by Crippen LogP contribution is 2.30. The molecule has 114 valence electrons. The van der Waals surface area contributed by atoms with Gasteiger partial charge in [-0.25, -0.2) is 14.6 Å². The summed E-state index contributed by atoms with van der Waals surface area (Å²) in [5.41, 5.74) is 10.1. The van der Waals surface area contributed by atoms with E-state index >= 15 is 0 Å². The molecule has 2 aromatic heterocycles. The van der Waals surface area contributed by atoms with Crippen LogP contribution in [-0.4, -0.2) is 19.7 Å². The van der Waals surface area contributed by atoms with Crippen LogP contribution in [0.3, 0.4) is 0 Å². The van der Waals surface area contributed by atoms with Gasteiger partial charge in [-0.15, -0.1) is 0 Å². The Balaban J connectivity index is 2.10. The Labute approximate surface area is 130 Å². The summed E-state index contributed by atoms with van der Waals surface area (Å²) in [6.45, 7) is 7.24. The molecule has 0 bridgehead atoms. The zero-order valence-corrected chi connectivity index (χ0v) is 13.2. The van der Waals surface area contributed by atoms with Crippen LogP contribution in [0.25, 0.3) is 22.3 Å². The Morgan fingerprint density at radius 2 is 1.86 bits per heavy atom. The van der Waals surface area contributed by atoms with Crippen molar-refractivity contribution in [3.8, 4) is 11.3 Å². The average Bonchev–Trinajstić information content (AvgIpc) is 2.88. The number of fused-ring (bicyclic) bond motifs is 1. The van der Waals surface area contributed by atoms with Gasteiger partial charge in [0, 0.05) is 12.1 Å². The number of rotatable bonds is 4. The highest BCUT2D eigenvalue weighted by Gasteiger charge is 2.16. The zero-order chi connectivity index (χ0) is 15.7. The number of aryl methyl sites for hydroxylation is 1. The molecule has 0 aliphatic rings. The second-order valence-electron chi connectivity index (χ2n) is 5.92. The second-order valence-corrected chi connectivity index (χ2v) is 5.92. The molecule has 22 heavy (non-hydrogen) atoms. The maximum Gasteiger partial charge on any atom is 0.163 e. The molecule has 0 radical (unpaired) electrons. The molecule has 0 atom stereocenters. The monoisotopic (exact) mass is 295 g/mol. The molecule has 1 aromatic carbocycles. The Kier molecular flexibility index (Phi) is 3.79. The van der Waals surface area contributed by atoms with Crippen molar-refractivity contribution in [3.05, 3.63) is 36.2 Å². The minimum Gasteiger partial charge on any atom is -0.383 e. The number of benzene rings is 1. The molecule has 0 fully saturated rings.